The third-order valence-corrected chi connectivity index (χ3v) is 6.88. The van der Waals surface area contributed by atoms with Crippen LogP contribution in [0.4, 0.5) is 0 Å². The predicted molar refractivity (Wildman–Crippen MR) is 149 cm³/mol. The van der Waals surface area contributed by atoms with Gasteiger partial charge in [0.1, 0.15) is 5.82 Å². The van der Waals surface area contributed by atoms with Crippen molar-refractivity contribution in [3.63, 3.8) is 0 Å². The van der Waals surface area contributed by atoms with Gasteiger partial charge in [-0.05, 0) is 72.9 Å². The van der Waals surface area contributed by atoms with Crippen molar-refractivity contribution in [1.29, 1.82) is 0 Å². The van der Waals surface area contributed by atoms with Crippen LogP contribution in [0.3, 0.4) is 0 Å². The van der Waals surface area contributed by atoms with E-state index >= 15 is 0 Å². The molecule has 0 spiro atoms. The maximum atomic E-state index is 12.5. The van der Waals surface area contributed by atoms with Crippen LogP contribution in [0.5, 0.6) is 0 Å². The zero-order chi connectivity index (χ0) is 24.9. The standard InChI is InChI=1S/C32H33N3O/c1-23-15-18-28(24(2)20-23)32(36)33-19-9-3-4-14-31-34-29-12-7-8-13-30(29)35(31)22-25-16-17-26-10-5-6-11-27(26)21-25/h5-8,10-13,15-18,20-21H,3-4,9,14,19,22H2,1-2H3,(H,33,36). The Balaban J connectivity index is 1.20. The number of rotatable bonds is 9. The Bertz CT molecular complexity index is 1510. The lowest BCUT2D eigenvalue weighted by molar-refractivity contribution is 0.0952. The Morgan fingerprint density at radius 2 is 1.64 bits per heavy atom. The smallest absolute Gasteiger partial charge is 0.251 e. The number of hydrogen-bond acceptors (Lipinski definition) is 2. The topological polar surface area (TPSA) is 46.9 Å². The Hall–Kier alpha value is -3.92. The van der Waals surface area contributed by atoms with Crippen LogP contribution in [-0.4, -0.2) is 22.0 Å². The first-order valence-electron chi connectivity index (χ1n) is 12.9. The minimum absolute atomic E-state index is 0.0182. The van der Waals surface area contributed by atoms with Crippen LogP contribution in [0.25, 0.3) is 21.8 Å². The Morgan fingerprint density at radius 3 is 2.50 bits per heavy atom. The molecule has 4 nitrogen and oxygen atoms in total. The SMILES string of the molecule is Cc1ccc(C(=O)NCCCCCc2nc3ccccc3n2Cc2ccc3ccccc3c2)c(C)c1. The minimum atomic E-state index is 0.0182. The molecule has 0 atom stereocenters. The molecule has 0 fully saturated rings. The number of unbranched alkanes of at least 4 members (excludes halogenated alkanes) is 2. The van der Waals surface area contributed by atoms with Crippen molar-refractivity contribution < 1.29 is 4.79 Å². The average molecular weight is 476 g/mol. The summed E-state index contributed by atoms with van der Waals surface area (Å²) in [5, 5.41) is 5.61. The Labute approximate surface area is 213 Å². The molecular formula is C32H33N3O. The average Bonchev–Trinajstić information content (AvgIpc) is 3.23. The van der Waals surface area contributed by atoms with Crippen LogP contribution in [0.15, 0.2) is 84.9 Å². The van der Waals surface area contributed by atoms with Crippen molar-refractivity contribution in [3.05, 3.63) is 113 Å². The highest BCUT2D eigenvalue weighted by molar-refractivity contribution is 5.95. The molecule has 0 aliphatic carbocycles. The van der Waals surface area contributed by atoms with Crippen molar-refractivity contribution in [2.75, 3.05) is 6.54 Å². The molecule has 0 aliphatic rings. The molecule has 0 unspecified atom stereocenters. The number of aryl methyl sites for hydroxylation is 3. The van der Waals surface area contributed by atoms with E-state index in [1.807, 2.05) is 26.0 Å². The van der Waals surface area contributed by atoms with Gasteiger partial charge < -0.3 is 9.88 Å². The minimum Gasteiger partial charge on any atom is -0.352 e. The van der Waals surface area contributed by atoms with Crippen molar-refractivity contribution in [2.45, 2.75) is 46.1 Å². The van der Waals surface area contributed by atoms with Crippen molar-refractivity contribution in [1.82, 2.24) is 14.9 Å². The molecule has 0 saturated heterocycles. The number of aromatic nitrogens is 2. The number of para-hydroxylation sites is 2. The fourth-order valence-corrected chi connectivity index (χ4v) is 4.96. The summed E-state index contributed by atoms with van der Waals surface area (Å²) in [6.45, 7) is 5.54. The summed E-state index contributed by atoms with van der Waals surface area (Å²) in [6.07, 6.45) is 3.97. The normalized spacial score (nSPS) is 11.3. The van der Waals surface area contributed by atoms with Gasteiger partial charge in [0, 0.05) is 25.1 Å². The zero-order valence-electron chi connectivity index (χ0n) is 21.1. The molecule has 5 aromatic rings. The highest BCUT2D eigenvalue weighted by Crippen LogP contribution is 2.22. The second kappa shape index (κ2) is 10.8. The highest BCUT2D eigenvalue weighted by Gasteiger charge is 2.12. The van der Waals surface area contributed by atoms with Crippen LogP contribution in [0.1, 0.15) is 52.1 Å². The van der Waals surface area contributed by atoms with Gasteiger partial charge in [-0.3, -0.25) is 4.79 Å². The fraction of sp³-hybridized carbons (Fsp3) is 0.250. The van der Waals surface area contributed by atoms with Gasteiger partial charge in [0.2, 0.25) is 0 Å². The van der Waals surface area contributed by atoms with E-state index in [-0.39, 0.29) is 5.91 Å². The number of imidazole rings is 1. The molecule has 5 rings (SSSR count). The molecule has 0 aliphatic heterocycles. The van der Waals surface area contributed by atoms with Gasteiger partial charge in [0.15, 0.2) is 0 Å². The largest absolute Gasteiger partial charge is 0.352 e. The fourth-order valence-electron chi connectivity index (χ4n) is 4.96. The molecule has 4 aromatic carbocycles. The van der Waals surface area contributed by atoms with Crippen LogP contribution in [0, 0.1) is 13.8 Å². The van der Waals surface area contributed by atoms with Crippen molar-refractivity contribution in [3.8, 4) is 0 Å². The van der Waals surface area contributed by atoms with Crippen LogP contribution in [0.2, 0.25) is 0 Å². The molecule has 4 heteroatoms. The summed E-state index contributed by atoms with van der Waals surface area (Å²) in [7, 11) is 0. The monoisotopic (exact) mass is 475 g/mol. The lowest BCUT2D eigenvalue weighted by atomic mass is 10.1. The first-order chi connectivity index (χ1) is 17.6. The van der Waals surface area contributed by atoms with E-state index in [1.165, 1.54) is 27.4 Å². The maximum Gasteiger partial charge on any atom is 0.251 e. The quantitative estimate of drug-likeness (QED) is 0.233. The molecule has 1 N–H and O–H groups in total. The van der Waals surface area contributed by atoms with Crippen LogP contribution in [-0.2, 0) is 13.0 Å². The first kappa shape index (κ1) is 23.8. The molecule has 0 bridgehead atoms. The van der Waals surface area contributed by atoms with Gasteiger partial charge in [-0.15, -0.1) is 0 Å². The second-order valence-electron chi connectivity index (χ2n) is 9.67. The Morgan fingerprint density at radius 1 is 0.833 bits per heavy atom. The van der Waals surface area contributed by atoms with E-state index in [9.17, 15) is 4.79 Å². The summed E-state index contributed by atoms with van der Waals surface area (Å²) in [6, 6.07) is 29.6. The molecule has 36 heavy (non-hydrogen) atoms. The summed E-state index contributed by atoms with van der Waals surface area (Å²) in [5.74, 6) is 1.15. The van der Waals surface area contributed by atoms with E-state index in [1.54, 1.807) is 0 Å². The van der Waals surface area contributed by atoms with Crippen molar-refractivity contribution >= 4 is 27.7 Å². The number of carbonyl (C=O) groups excluding carboxylic acids is 1. The lowest BCUT2D eigenvalue weighted by Crippen LogP contribution is -2.25. The van der Waals surface area contributed by atoms with Gasteiger partial charge >= 0.3 is 0 Å². The molecule has 0 saturated carbocycles. The number of benzene rings is 4. The Kier molecular flexibility index (Phi) is 7.13. The third-order valence-electron chi connectivity index (χ3n) is 6.88. The lowest BCUT2D eigenvalue weighted by Gasteiger charge is -2.11. The second-order valence-corrected chi connectivity index (χ2v) is 9.67. The molecule has 1 heterocycles. The number of nitrogens with one attached hydrogen (secondary N) is 1. The van der Waals surface area contributed by atoms with Crippen molar-refractivity contribution in [2.24, 2.45) is 0 Å². The third kappa shape index (κ3) is 5.33. The zero-order valence-corrected chi connectivity index (χ0v) is 21.1. The van der Waals surface area contributed by atoms with Crippen LogP contribution >= 0.6 is 0 Å². The summed E-state index contributed by atoms with van der Waals surface area (Å²) >= 11 is 0. The van der Waals surface area contributed by atoms with Crippen LogP contribution < -0.4 is 5.32 Å². The summed E-state index contributed by atoms with van der Waals surface area (Å²) in [5.41, 5.74) is 6.49. The summed E-state index contributed by atoms with van der Waals surface area (Å²) in [4.78, 5) is 17.5. The maximum absolute atomic E-state index is 12.5. The molecule has 0 radical (unpaired) electrons. The number of amides is 1. The highest BCUT2D eigenvalue weighted by atomic mass is 16.1. The molecule has 182 valence electrons. The molecular weight excluding hydrogens is 442 g/mol. The van der Waals surface area contributed by atoms with Gasteiger partial charge in [-0.1, -0.05) is 72.6 Å². The number of carbonyl (C=O) groups is 1. The number of fused-ring (bicyclic) bond motifs is 2. The van der Waals surface area contributed by atoms with E-state index in [4.69, 9.17) is 4.98 Å². The molecule has 1 aromatic heterocycles. The van der Waals surface area contributed by atoms with E-state index in [2.05, 4.69) is 82.7 Å². The van der Waals surface area contributed by atoms with Gasteiger partial charge in [-0.2, -0.15) is 0 Å². The molecule has 1 amide bonds. The van der Waals surface area contributed by atoms with E-state index < -0.39 is 0 Å². The number of hydrogen-bond donors (Lipinski definition) is 1. The predicted octanol–water partition coefficient (Wildman–Crippen LogP) is 7.00. The van der Waals surface area contributed by atoms with Gasteiger partial charge in [-0.25, -0.2) is 4.98 Å². The van der Waals surface area contributed by atoms with E-state index in [0.717, 1.165) is 54.7 Å². The van der Waals surface area contributed by atoms with E-state index in [0.29, 0.717) is 6.54 Å². The first-order valence-corrected chi connectivity index (χ1v) is 12.9. The number of nitrogens with zero attached hydrogens (tertiary/aromatic N) is 2. The van der Waals surface area contributed by atoms with Gasteiger partial charge in [0.05, 0.1) is 11.0 Å². The van der Waals surface area contributed by atoms with Gasteiger partial charge in [0.25, 0.3) is 5.91 Å². The summed E-state index contributed by atoms with van der Waals surface area (Å²) < 4.78 is 2.36.